The van der Waals surface area contributed by atoms with Gasteiger partial charge in [-0.2, -0.15) is 0 Å². The largest absolute Gasteiger partial charge is 0.497 e. The van der Waals surface area contributed by atoms with Gasteiger partial charge in [0.15, 0.2) is 15.0 Å². The maximum atomic E-state index is 12.9. The minimum atomic E-state index is -3.04. The molecule has 2 aromatic rings. The molecule has 1 N–H and O–H groups in total. The van der Waals surface area contributed by atoms with Gasteiger partial charge in [0, 0.05) is 22.7 Å². The number of sulfone groups is 1. The predicted octanol–water partition coefficient (Wildman–Crippen LogP) is 3.53. The van der Waals surface area contributed by atoms with E-state index >= 15 is 0 Å². The molecule has 0 saturated carbocycles. The highest BCUT2D eigenvalue weighted by Gasteiger charge is 2.44. The molecule has 0 aromatic heterocycles. The molecule has 0 spiro atoms. The lowest BCUT2D eigenvalue weighted by Gasteiger charge is -2.24. The number of amidine groups is 1. The first-order valence-corrected chi connectivity index (χ1v) is 13.2. The highest BCUT2D eigenvalue weighted by atomic mass is 32.2. The van der Waals surface area contributed by atoms with Gasteiger partial charge in [0.05, 0.1) is 24.7 Å². The lowest BCUT2D eigenvalue weighted by molar-refractivity contribution is -0.114. The third-order valence-corrected chi connectivity index (χ3v) is 8.81. The summed E-state index contributed by atoms with van der Waals surface area (Å²) in [5.74, 6) is 1.07. The van der Waals surface area contributed by atoms with E-state index in [-0.39, 0.29) is 35.2 Å². The topological polar surface area (TPSA) is 88.1 Å². The normalized spacial score (nSPS) is 21.2. The Bertz CT molecular complexity index is 1130. The number of ether oxygens (including phenoxy) is 1. The Kier molecular flexibility index (Phi) is 6.48. The third kappa shape index (κ3) is 5.10. The Labute approximate surface area is 193 Å². The number of carbonyl (C=O) groups excluding carboxylic acids is 1. The van der Waals surface area contributed by atoms with Crippen molar-refractivity contribution in [3.63, 3.8) is 0 Å². The van der Waals surface area contributed by atoms with Gasteiger partial charge in [0.2, 0.25) is 5.91 Å². The molecule has 2 aromatic carbocycles. The summed E-state index contributed by atoms with van der Waals surface area (Å²) in [7, 11) is -1.46. The number of nitrogens with one attached hydrogen (secondary N) is 1. The minimum Gasteiger partial charge on any atom is -0.497 e. The first-order chi connectivity index (χ1) is 15.2. The van der Waals surface area contributed by atoms with Crippen molar-refractivity contribution in [1.82, 2.24) is 0 Å². The number of thioether (sulfide) groups is 1. The second kappa shape index (κ2) is 9.15. The smallest absolute Gasteiger partial charge is 0.244 e. The summed E-state index contributed by atoms with van der Waals surface area (Å²) in [6, 6.07) is 15.0. The van der Waals surface area contributed by atoms with Crippen molar-refractivity contribution in [1.29, 1.82) is 0 Å². The van der Waals surface area contributed by atoms with Crippen molar-refractivity contribution in [3.05, 3.63) is 54.1 Å². The Balaban J connectivity index is 1.57. The van der Waals surface area contributed by atoms with Crippen molar-refractivity contribution >= 4 is 44.0 Å². The number of amides is 1. The first kappa shape index (κ1) is 22.7. The molecule has 170 valence electrons. The van der Waals surface area contributed by atoms with Gasteiger partial charge in [0.1, 0.15) is 12.3 Å². The zero-order chi connectivity index (χ0) is 22.9. The predicted molar refractivity (Wildman–Crippen MR) is 131 cm³/mol. The molecule has 7 nitrogen and oxygen atoms in total. The monoisotopic (exact) mass is 473 g/mol. The van der Waals surface area contributed by atoms with E-state index in [2.05, 4.69) is 31.3 Å². The summed E-state index contributed by atoms with van der Waals surface area (Å²) in [6.45, 7) is 4.33. The van der Waals surface area contributed by atoms with Crippen molar-refractivity contribution < 1.29 is 17.9 Å². The Morgan fingerprint density at radius 1 is 1.22 bits per heavy atom. The van der Waals surface area contributed by atoms with Gasteiger partial charge < -0.3 is 15.0 Å². The fraction of sp³-hybridized carbons (Fsp3) is 0.391. The fourth-order valence-corrected chi connectivity index (χ4v) is 7.60. The maximum absolute atomic E-state index is 12.9. The Morgan fingerprint density at radius 3 is 2.62 bits per heavy atom. The van der Waals surface area contributed by atoms with E-state index in [0.717, 1.165) is 5.69 Å². The van der Waals surface area contributed by atoms with Gasteiger partial charge in [-0.15, -0.1) is 0 Å². The van der Waals surface area contributed by atoms with E-state index in [0.29, 0.717) is 22.5 Å². The molecule has 2 aliphatic heterocycles. The first-order valence-electron chi connectivity index (χ1n) is 10.5. The van der Waals surface area contributed by atoms with E-state index in [1.54, 1.807) is 19.2 Å². The third-order valence-electron chi connectivity index (χ3n) is 5.56. The van der Waals surface area contributed by atoms with Gasteiger partial charge in [-0.3, -0.25) is 9.79 Å². The second-order valence-corrected chi connectivity index (χ2v) is 11.7. The zero-order valence-electron chi connectivity index (χ0n) is 18.3. The number of hydrogen-bond acceptors (Lipinski definition) is 7. The number of anilines is 2. The van der Waals surface area contributed by atoms with Crippen molar-refractivity contribution in [2.24, 2.45) is 4.99 Å². The van der Waals surface area contributed by atoms with E-state index in [1.807, 2.05) is 29.2 Å². The summed E-state index contributed by atoms with van der Waals surface area (Å²) in [6.07, 6.45) is 0. The number of carbonyl (C=O) groups is 1. The highest BCUT2D eigenvalue weighted by molar-refractivity contribution is 8.15. The Morgan fingerprint density at radius 2 is 1.97 bits per heavy atom. The number of aliphatic imine (C=N–C) groups is 1. The molecule has 32 heavy (non-hydrogen) atoms. The van der Waals surface area contributed by atoms with Crippen LogP contribution < -0.4 is 15.0 Å². The number of hydrogen-bond donors (Lipinski definition) is 1. The lowest BCUT2D eigenvalue weighted by Crippen LogP contribution is -2.36. The maximum Gasteiger partial charge on any atom is 0.244 e. The number of nitrogens with zero attached hydrogens (tertiary/aromatic N) is 2. The molecule has 2 atom stereocenters. The van der Waals surface area contributed by atoms with Gasteiger partial charge in [-0.05, 0) is 35.7 Å². The van der Waals surface area contributed by atoms with Gasteiger partial charge >= 0.3 is 0 Å². The van der Waals surface area contributed by atoms with Crippen molar-refractivity contribution in [3.8, 4) is 5.75 Å². The molecular formula is C23H27N3O4S2. The molecule has 1 fully saturated rings. The van der Waals surface area contributed by atoms with Crippen LogP contribution in [-0.2, 0) is 14.6 Å². The summed E-state index contributed by atoms with van der Waals surface area (Å²) in [5.41, 5.74) is 2.70. The average molecular weight is 474 g/mol. The van der Waals surface area contributed by atoms with Crippen LogP contribution >= 0.6 is 11.8 Å². The molecule has 0 bridgehead atoms. The number of rotatable bonds is 6. The van der Waals surface area contributed by atoms with E-state index in [4.69, 9.17) is 9.73 Å². The average Bonchev–Trinajstić information content (AvgIpc) is 3.25. The summed E-state index contributed by atoms with van der Waals surface area (Å²) in [4.78, 5) is 19.5. The second-order valence-electron chi connectivity index (χ2n) is 8.32. The number of fused-ring (bicyclic) bond motifs is 1. The van der Waals surface area contributed by atoms with Crippen LogP contribution in [0.25, 0.3) is 0 Å². The molecule has 4 rings (SSSR count). The molecule has 0 unspecified atom stereocenters. The summed E-state index contributed by atoms with van der Waals surface area (Å²) in [5, 5.41) is 3.51. The molecule has 2 aliphatic rings. The van der Waals surface area contributed by atoms with Gasteiger partial charge in [-0.1, -0.05) is 43.8 Å². The zero-order valence-corrected chi connectivity index (χ0v) is 19.9. The van der Waals surface area contributed by atoms with Crippen LogP contribution in [0.3, 0.4) is 0 Å². The van der Waals surface area contributed by atoms with Crippen molar-refractivity contribution in [2.75, 3.05) is 35.4 Å². The fourth-order valence-electron chi connectivity index (χ4n) is 3.82. The van der Waals surface area contributed by atoms with E-state index in [9.17, 15) is 13.2 Å². The van der Waals surface area contributed by atoms with E-state index in [1.165, 1.54) is 17.3 Å². The van der Waals surface area contributed by atoms with Gasteiger partial charge in [0.25, 0.3) is 0 Å². The molecule has 9 heteroatoms. The molecular weight excluding hydrogens is 446 g/mol. The molecule has 1 amide bonds. The van der Waals surface area contributed by atoms with Gasteiger partial charge in [-0.25, -0.2) is 8.42 Å². The molecule has 1 saturated heterocycles. The van der Waals surface area contributed by atoms with Crippen LogP contribution in [0.4, 0.5) is 11.4 Å². The van der Waals surface area contributed by atoms with Crippen LogP contribution in [0.15, 0.2) is 53.5 Å². The number of benzene rings is 2. The quantitative estimate of drug-likeness (QED) is 0.691. The van der Waals surface area contributed by atoms with Crippen LogP contribution in [-0.4, -0.2) is 55.9 Å². The lowest BCUT2D eigenvalue weighted by atomic mass is 10.0. The standard InChI is InChI=1S/C23H27N3O4S2/c1-15(2)16-7-9-18(10-8-16)26(23-25-20-13-32(28,29)14-21(20)31-23)12-22(27)24-17-5-4-6-19(11-17)30-3/h4-11,15,20-21H,12-14H2,1-3H3,(H,24,27)/t20-,21-/m1/s1. The van der Waals surface area contributed by atoms with Crippen LogP contribution in [0.1, 0.15) is 25.3 Å². The minimum absolute atomic E-state index is 0.0657. The number of methoxy groups -OCH3 is 1. The molecule has 0 radical (unpaired) electrons. The molecule has 2 heterocycles. The van der Waals surface area contributed by atoms with Crippen LogP contribution in [0.5, 0.6) is 5.75 Å². The van der Waals surface area contributed by atoms with Crippen molar-refractivity contribution in [2.45, 2.75) is 31.1 Å². The summed E-state index contributed by atoms with van der Waals surface area (Å²) >= 11 is 1.45. The summed E-state index contributed by atoms with van der Waals surface area (Å²) < 4.78 is 29.1. The van der Waals surface area contributed by atoms with E-state index < -0.39 is 9.84 Å². The highest BCUT2D eigenvalue weighted by Crippen LogP contribution is 2.37. The molecule has 0 aliphatic carbocycles. The van der Waals surface area contributed by atoms with Crippen LogP contribution in [0.2, 0.25) is 0 Å². The Hall–Kier alpha value is -2.52. The SMILES string of the molecule is COc1cccc(NC(=O)CN(C2=N[C@@H]3CS(=O)(=O)C[C@H]3S2)c2ccc(C(C)C)cc2)c1. The van der Waals surface area contributed by atoms with Crippen LogP contribution in [0, 0.1) is 0 Å².